The molecule has 0 nitrogen and oxygen atoms in total. The van der Waals surface area contributed by atoms with Crippen molar-refractivity contribution < 1.29 is 4.39 Å². The lowest BCUT2D eigenvalue weighted by atomic mass is 9.85. The molecule has 0 amide bonds. The smallest absolute Gasteiger partial charge is 0.101 e. The Morgan fingerprint density at radius 2 is 1.56 bits per heavy atom. The zero-order chi connectivity index (χ0) is 12.6. The van der Waals surface area contributed by atoms with E-state index in [1.165, 1.54) is 25.7 Å². The van der Waals surface area contributed by atoms with Crippen LogP contribution in [-0.2, 0) is 0 Å². The fourth-order valence-corrected chi connectivity index (χ4v) is 1.33. The third-order valence-electron chi connectivity index (χ3n) is 3.41. The van der Waals surface area contributed by atoms with E-state index >= 15 is 0 Å². The molecule has 0 N–H and O–H groups in total. The van der Waals surface area contributed by atoms with Crippen molar-refractivity contribution in [3.63, 3.8) is 0 Å². The Hall–Kier alpha value is -0.0700. The van der Waals surface area contributed by atoms with Crippen LogP contribution in [0.3, 0.4) is 0 Å². The molecule has 16 heavy (non-hydrogen) atoms. The molecule has 1 heteroatoms. The maximum Gasteiger partial charge on any atom is 0.101 e. The molecule has 0 radical (unpaired) electrons. The zero-order valence-corrected chi connectivity index (χ0v) is 11.9. The molecule has 2 fully saturated rings. The van der Waals surface area contributed by atoms with Gasteiger partial charge in [0, 0.05) is 0 Å². The van der Waals surface area contributed by atoms with Crippen LogP contribution in [0.15, 0.2) is 0 Å². The molecular weight excluding hydrogens is 199 g/mol. The lowest BCUT2D eigenvalue weighted by Crippen LogP contribution is -2.21. The van der Waals surface area contributed by atoms with Crippen molar-refractivity contribution >= 4 is 0 Å². The Morgan fingerprint density at radius 3 is 1.56 bits per heavy atom. The quantitative estimate of drug-likeness (QED) is 0.578. The fraction of sp³-hybridized carbons (Fsp3) is 1.00. The standard InChI is InChI=1S/C5H9F.C5H10.C5H12/c1-4-2-5(6)3-4;1-2-5-3-4-5;1-4-5(2)3/h4-5H,2-3H2,1H3;5H,2-4H2,1H3;5H,4H2,1-3H3. The van der Waals surface area contributed by atoms with Gasteiger partial charge in [-0.05, 0) is 30.6 Å². The summed E-state index contributed by atoms with van der Waals surface area (Å²) in [5, 5.41) is 0. The summed E-state index contributed by atoms with van der Waals surface area (Å²) in [5.41, 5.74) is 0. The van der Waals surface area contributed by atoms with Crippen LogP contribution in [-0.4, -0.2) is 6.17 Å². The van der Waals surface area contributed by atoms with E-state index in [9.17, 15) is 4.39 Å². The fourth-order valence-electron chi connectivity index (χ4n) is 1.33. The zero-order valence-electron chi connectivity index (χ0n) is 11.9. The van der Waals surface area contributed by atoms with E-state index in [0.29, 0.717) is 5.92 Å². The molecule has 2 rings (SSSR count). The Kier molecular flexibility index (Phi) is 8.97. The minimum absolute atomic E-state index is 0.458. The van der Waals surface area contributed by atoms with Gasteiger partial charge in [-0.1, -0.05) is 60.3 Å². The third-order valence-corrected chi connectivity index (χ3v) is 3.41. The lowest BCUT2D eigenvalue weighted by Gasteiger charge is -2.24. The van der Waals surface area contributed by atoms with Gasteiger partial charge < -0.3 is 0 Å². The summed E-state index contributed by atoms with van der Waals surface area (Å²) in [6.07, 6.45) is 6.90. The molecule has 0 spiro atoms. The molecule has 0 aromatic rings. The molecule has 2 aliphatic carbocycles. The second-order valence-electron chi connectivity index (χ2n) is 5.83. The molecule has 0 heterocycles. The van der Waals surface area contributed by atoms with Crippen molar-refractivity contribution in [2.75, 3.05) is 0 Å². The number of rotatable bonds is 2. The number of alkyl halides is 1. The SMILES string of the molecule is CC1CC(F)C1.CCC(C)C.CCC1CC1. The highest BCUT2D eigenvalue weighted by atomic mass is 19.1. The van der Waals surface area contributed by atoms with Crippen molar-refractivity contribution in [2.24, 2.45) is 17.8 Å². The van der Waals surface area contributed by atoms with E-state index in [2.05, 4.69) is 34.6 Å². The molecule has 0 bridgehead atoms. The van der Waals surface area contributed by atoms with Crippen molar-refractivity contribution in [2.45, 2.75) is 79.3 Å². The van der Waals surface area contributed by atoms with Crippen LogP contribution in [0.4, 0.5) is 4.39 Å². The van der Waals surface area contributed by atoms with E-state index in [1.54, 1.807) is 0 Å². The first-order valence-corrected chi connectivity index (χ1v) is 7.13. The Bertz CT molecular complexity index is 136. The molecule has 2 saturated carbocycles. The van der Waals surface area contributed by atoms with E-state index in [-0.39, 0.29) is 0 Å². The molecule has 0 atom stereocenters. The summed E-state index contributed by atoms with van der Waals surface area (Å²) >= 11 is 0. The van der Waals surface area contributed by atoms with Crippen molar-refractivity contribution in [3.8, 4) is 0 Å². The first kappa shape index (κ1) is 15.9. The highest BCUT2D eigenvalue weighted by Crippen LogP contribution is 2.31. The monoisotopic (exact) mass is 230 g/mol. The maximum absolute atomic E-state index is 11.8. The number of hydrogen-bond donors (Lipinski definition) is 0. The van der Waals surface area contributed by atoms with Crippen molar-refractivity contribution in [1.29, 1.82) is 0 Å². The van der Waals surface area contributed by atoms with Gasteiger partial charge in [0.25, 0.3) is 0 Å². The summed E-state index contributed by atoms with van der Waals surface area (Å²) in [6.45, 7) is 11.0. The normalized spacial score (nSPS) is 27.2. The summed E-state index contributed by atoms with van der Waals surface area (Å²) in [6, 6.07) is 0. The molecule has 2 aliphatic rings. The van der Waals surface area contributed by atoms with Crippen LogP contribution in [0.2, 0.25) is 0 Å². The van der Waals surface area contributed by atoms with Gasteiger partial charge in [0.2, 0.25) is 0 Å². The minimum atomic E-state index is -0.458. The van der Waals surface area contributed by atoms with E-state index in [1.807, 2.05) is 0 Å². The summed E-state index contributed by atoms with van der Waals surface area (Å²) in [5.74, 6) is 2.69. The second kappa shape index (κ2) is 9.01. The van der Waals surface area contributed by atoms with Gasteiger partial charge in [-0.25, -0.2) is 4.39 Å². The van der Waals surface area contributed by atoms with Crippen molar-refractivity contribution in [3.05, 3.63) is 0 Å². The number of halogens is 1. The first-order chi connectivity index (χ1) is 7.49. The lowest BCUT2D eigenvalue weighted by molar-refractivity contribution is 0.144. The molecule has 0 saturated heterocycles. The van der Waals surface area contributed by atoms with Gasteiger partial charge in [-0.2, -0.15) is 0 Å². The van der Waals surface area contributed by atoms with E-state index < -0.39 is 6.17 Å². The highest BCUT2D eigenvalue weighted by molar-refractivity contribution is 4.74. The minimum Gasteiger partial charge on any atom is -0.247 e. The van der Waals surface area contributed by atoms with Gasteiger partial charge in [-0.3, -0.25) is 0 Å². The third kappa shape index (κ3) is 10.4. The summed E-state index contributed by atoms with van der Waals surface area (Å²) < 4.78 is 11.8. The summed E-state index contributed by atoms with van der Waals surface area (Å²) in [4.78, 5) is 0. The molecule has 0 aromatic carbocycles. The van der Waals surface area contributed by atoms with Gasteiger partial charge >= 0.3 is 0 Å². The topological polar surface area (TPSA) is 0 Å². The van der Waals surface area contributed by atoms with Crippen LogP contribution < -0.4 is 0 Å². The van der Waals surface area contributed by atoms with Gasteiger partial charge in [-0.15, -0.1) is 0 Å². The predicted molar refractivity (Wildman–Crippen MR) is 71.4 cm³/mol. The van der Waals surface area contributed by atoms with Crippen molar-refractivity contribution in [1.82, 2.24) is 0 Å². The molecule has 0 aliphatic heterocycles. The molecular formula is C15H31F. The second-order valence-corrected chi connectivity index (χ2v) is 5.83. The first-order valence-electron chi connectivity index (χ1n) is 7.13. The largest absolute Gasteiger partial charge is 0.247 e. The van der Waals surface area contributed by atoms with Gasteiger partial charge in [0.15, 0.2) is 0 Å². The van der Waals surface area contributed by atoms with Gasteiger partial charge in [0.05, 0.1) is 0 Å². The van der Waals surface area contributed by atoms with E-state index in [4.69, 9.17) is 0 Å². The van der Waals surface area contributed by atoms with Crippen LogP contribution >= 0.6 is 0 Å². The predicted octanol–water partition coefficient (Wildman–Crippen LogP) is 5.61. The Labute approximate surface area is 102 Å². The van der Waals surface area contributed by atoms with Crippen LogP contribution in [0.5, 0.6) is 0 Å². The van der Waals surface area contributed by atoms with Gasteiger partial charge in [0.1, 0.15) is 6.17 Å². The average molecular weight is 230 g/mol. The van der Waals surface area contributed by atoms with Crippen LogP contribution in [0.25, 0.3) is 0 Å². The maximum atomic E-state index is 11.8. The Morgan fingerprint density at radius 1 is 1.12 bits per heavy atom. The van der Waals surface area contributed by atoms with E-state index in [0.717, 1.165) is 24.7 Å². The number of hydrogen-bond acceptors (Lipinski definition) is 0. The Balaban J connectivity index is 0.000000213. The van der Waals surface area contributed by atoms with Crippen LogP contribution in [0, 0.1) is 17.8 Å². The summed E-state index contributed by atoms with van der Waals surface area (Å²) in [7, 11) is 0. The average Bonchev–Trinajstić information content (AvgIpc) is 3.01. The van der Waals surface area contributed by atoms with Crippen LogP contribution in [0.1, 0.15) is 73.1 Å². The molecule has 0 aromatic heterocycles. The highest BCUT2D eigenvalue weighted by Gasteiger charge is 2.23. The molecule has 98 valence electrons. The molecule has 0 unspecified atom stereocenters.